The van der Waals surface area contributed by atoms with Crippen molar-refractivity contribution >= 4 is 35.6 Å². The Morgan fingerprint density at radius 1 is 0.947 bits per heavy atom. The largest absolute Gasteiger partial charge is 0.443 e. The number of tetrazole rings is 1. The fourth-order valence-electron chi connectivity index (χ4n) is 3.26. The van der Waals surface area contributed by atoms with Gasteiger partial charge in [0.05, 0.1) is 0 Å². The van der Waals surface area contributed by atoms with E-state index in [0.29, 0.717) is 11.3 Å². The number of hydrogen-bond donors (Lipinski definition) is 1. The predicted molar refractivity (Wildman–Crippen MR) is 142 cm³/mol. The van der Waals surface area contributed by atoms with E-state index in [2.05, 4.69) is 26.0 Å². The quantitative estimate of drug-likeness (QED) is 0.276. The van der Waals surface area contributed by atoms with Crippen molar-refractivity contribution in [3.8, 4) is 0 Å². The second-order valence-electron chi connectivity index (χ2n) is 9.12. The van der Waals surface area contributed by atoms with Crippen molar-refractivity contribution in [3.05, 3.63) is 95.7 Å². The van der Waals surface area contributed by atoms with Gasteiger partial charge in [0.2, 0.25) is 0 Å². The first kappa shape index (κ1) is 26.0. The van der Waals surface area contributed by atoms with Crippen LogP contribution in [0.25, 0.3) is 11.8 Å². The summed E-state index contributed by atoms with van der Waals surface area (Å²) in [6.07, 6.45) is 0.897. The van der Waals surface area contributed by atoms with Crippen LogP contribution in [-0.2, 0) is 16.6 Å². The van der Waals surface area contributed by atoms with Crippen molar-refractivity contribution in [3.63, 3.8) is 0 Å². The molecule has 0 bridgehead atoms. The Bertz CT molecular complexity index is 1430. The molecule has 0 aliphatic rings. The van der Waals surface area contributed by atoms with Gasteiger partial charge in [0, 0.05) is 12.6 Å². The van der Waals surface area contributed by atoms with E-state index in [-0.39, 0.29) is 17.5 Å². The normalized spacial score (nSPS) is 11.5. The number of anilines is 2. The molecule has 0 atom stereocenters. The lowest BCUT2D eigenvalue weighted by atomic mass is 10.1. The Morgan fingerprint density at radius 3 is 2.26 bits per heavy atom. The van der Waals surface area contributed by atoms with E-state index in [0.717, 1.165) is 10.5 Å². The molecule has 0 unspecified atom stereocenters. The highest BCUT2D eigenvalue weighted by atomic mass is 16.7. The van der Waals surface area contributed by atoms with Gasteiger partial charge < -0.3 is 9.57 Å². The number of nitrogens with one attached hydrogen (secondary N) is 1. The first-order valence-corrected chi connectivity index (χ1v) is 11.7. The minimum Gasteiger partial charge on any atom is -0.443 e. The molecule has 1 N–H and O–H groups in total. The average Bonchev–Trinajstić information content (AvgIpc) is 3.31. The van der Waals surface area contributed by atoms with E-state index in [9.17, 15) is 9.59 Å². The van der Waals surface area contributed by atoms with E-state index < -0.39 is 17.6 Å². The maximum atomic E-state index is 13.5. The van der Waals surface area contributed by atoms with Crippen molar-refractivity contribution in [2.75, 3.05) is 10.4 Å². The fourth-order valence-corrected chi connectivity index (χ4v) is 3.26. The molecule has 2 aromatic heterocycles. The molecule has 2 aromatic carbocycles. The van der Waals surface area contributed by atoms with Gasteiger partial charge in [-0.1, -0.05) is 59.7 Å². The van der Waals surface area contributed by atoms with Gasteiger partial charge in [-0.25, -0.2) is 14.5 Å². The molecule has 0 saturated heterocycles. The Morgan fingerprint density at radius 2 is 1.63 bits per heavy atom. The number of rotatable bonds is 7. The van der Waals surface area contributed by atoms with Crippen LogP contribution in [0.15, 0.2) is 78.9 Å². The van der Waals surface area contributed by atoms with Crippen LogP contribution >= 0.6 is 0 Å². The number of aryl methyl sites for hydroxylation is 1. The van der Waals surface area contributed by atoms with Gasteiger partial charge in [-0.3, -0.25) is 4.79 Å². The van der Waals surface area contributed by atoms with Crippen molar-refractivity contribution in [1.82, 2.24) is 25.2 Å². The Kier molecular flexibility index (Phi) is 7.76. The lowest BCUT2D eigenvalue weighted by molar-refractivity contribution is 0.0563. The van der Waals surface area contributed by atoms with E-state index in [1.165, 1.54) is 4.68 Å². The van der Waals surface area contributed by atoms with E-state index in [1.54, 1.807) is 82.4 Å². The number of pyridine rings is 1. The molecule has 4 aromatic rings. The van der Waals surface area contributed by atoms with Crippen LogP contribution in [0.4, 0.5) is 16.6 Å². The molecular weight excluding hydrogens is 486 g/mol. The van der Waals surface area contributed by atoms with Gasteiger partial charge in [0.25, 0.3) is 11.9 Å². The van der Waals surface area contributed by atoms with Crippen molar-refractivity contribution < 1.29 is 19.2 Å². The zero-order chi connectivity index (χ0) is 27.1. The molecule has 4 rings (SSSR count). The third-order valence-corrected chi connectivity index (χ3v) is 4.99. The highest BCUT2D eigenvalue weighted by Crippen LogP contribution is 2.24. The molecule has 0 aliphatic carbocycles. The van der Waals surface area contributed by atoms with E-state index >= 15 is 0 Å². The smallest absolute Gasteiger partial charge is 0.423 e. The fraction of sp³-hybridized carbons (Fsp3) is 0.185. The monoisotopic (exact) mass is 513 g/mol. The number of nitrogens with zero attached hydrogens (tertiary/aromatic N) is 6. The van der Waals surface area contributed by atoms with Crippen LogP contribution in [0, 0.1) is 0 Å². The first-order valence-electron chi connectivity index (χ1n) is 11.7. The summed E-state index contributed by atoms with van der Waals surface area (Å²) in [6, 6.07) is 22.8. The van der Waals surface area contributed by atoms with Gasteiger partial charge in [0.15, 0.2) is 5.76 Å². The molecule has 11 heteroatoms. The SMILES string of the molecule is Cn1nnnc1NOC(=Cc1ccccc1)c1cccc(N(C(=O)OC(C)(C)C)C(=O)c2ccccc2)n1. The molecule has 0 radical (unpaired) electrons. The molecule has 0 spiro atoms. The Hall–Kier alpha value is -5.06. The Balaban J connectivity index is 1.74. The van der Waals surface area contributed by atoms with Crippen molar-refractivity contribution in [1.29, 1.82) is 0 Å². The van der Waals surface area contributed by atoms with Crippen molar-refractivity contribution in [2.45, 2.75) is 26.4 Å². The molecule has 0 fully saturated rings. The van der Waals surface area contributed by atoms with Crippen LogP contribution < -0.4 is 10.4 Å². The summed E-state index contributed by atoms with van der Waals surface area (Å²) in [5, 5.41) is 11.2. The standard InChI is InChI=1S/C27H27N7O4/c1-27(2,3)37-26(36)34(24(35)20-14-9-6-10-15-20)23-17-11-16-21(28-23)22(18-19-12-7-5-8-13-19)38-30-25-29-31-32-33(25)4/h5-18H,1-4H3,(H,29,30,32). The lowest BCUT2D eigenvalue weighted by Gasteiger charge is -2.26. The summed E-state index contributed by atoms with van der Waals surface area (Å²) in [5.74, 6) is 0.0304. The third kappa shape index (κ3) is 6.58. The van der Waals surface area contributed by atoms with Gasteiger partial charge >= 0.3 is 6.09 Å². The van der Waals surface area contributed by atoms with E-state index in [1.807, 2.05) is 30.3 Å². The summed E-state index contributed by atoms with van der Waals surface area (Å²) in [6.45, 7) is 5.17. The number of imide groups is 1. The summed E-state index contributed by atoms with van der Waals surface area (Å²) in [7, 11) is 1.65. The van der Waals surface area contributed by atoms with Gasteiger partial charge in [-0.2, -0.15) is 10.4 Å². The van der Waals surface area contributed by atoms with Gasteiger partial charge in [0.1, 0.15) is 17.1 Å². The molecular formula is C27H27N7O4. The summed E-state index contributed by atoms with van der Waals surface area (Å²) in [5.41, 5.74) is 3.35. The highest BCUT2D eigenvalue weighted by molar-refractivity contribution is 6.18. The minimum absolute atomic E-state index is 0.0634. The second kappa shape index (κ2) is 11.3. The lowest BCUT2D eigenvalue weighted by Crippen LogP contribution is -2.41. The topological polar surface area (TPSA) is 124 Å². The zero-order valence-electron chi connectivity index (χ0n) is 21.4. The number of carbonyl (C=O) groups excluding carboxylic acids is 2. The van der Waals surface area contributed by atoms with Crippen LogP contribution in [0.1, 0.15) is 42.4 Å². The Labute approximate surface area is 219 Å². The molecule has 0 aliphatic heterocycles. The molecule has 194 valence electrons. The van der Waals surface area contributed by atoms with Gasteiger partial charge in [-0.15, -0.1) is 0 Å². The average molecular weight is 514 g/mol. The molecule has 2 heterocycles. The van der Waals surface area contributed by atoms with Crippen LogP contribution in [0.2, 0.25) is 0 Å². The molecule has 38 heavy (non-hydrogen) atoms. The summed E-state index contributed by atoms with van der Waals surface area (Å²) >= 11 is 0. The number of hydrogen-bond acceptors (Lipinski definition) is 9. The third-order valence-electron chi connectivity index (χ3n) is 4.99. The van der Waals surface area contributed by atoms with Crippen LogP contribution in [0.3, 0.4) is 0 Å². The molecule has 0 saturated carbocycles. The van der Waals surface area contributed by atoms with Crippen molar-refractivity contribution in [2.24, 2.45) is 7.05 Å². The first-order chi connectivity index (χ1) is 18.2. The second-order valence-corrected chi connectivity index (χ2v) is 9.12. The summed E-state index contributed by atoms with van der Waals surface area (Å²) in [4.78, 5) is 38.0. The van der Waals surface area contributed by atoms with Gasteiger partial charge in [-0.05, 0) is 67.1 Å². The molecule has 11 nitrogen and oxygen atoms in total. The maximum Gasteiger partial charge on any atom is 0.423 e. The maximum absolute atomic E-state index is 13.5. The minimum atomic E-state index is -0.853. The number of amides is 2. The number of benzene rings is 2. The number of aromatic nitrogens is 5. The van der Waals surface area contributed by atoms with E-state index in [4.69, 9.17) is 9.57 Å². The zero-order valence-corrected chi connectivity index (χ0v) is 21.4. The summed E-state index contributed by atoms with van der Waals surface area (Å²) < 4.78 is 6.94. The number of carbonyl (C=O) groups is 2. The van der Waals surface area contributed by atoms with Crippen LogP contribution in [0.5, 0.6) is 0 Å². The number of ether oxygens (including phenoxy) is 1. The predicted octanol–water partition coefficient (Wildman–Crippen LogP) is 4.73. The highest BCUT2D eigenvalue weighted by Gasteiger charge is 2.31. The van der Waals surface area contributed by atoms with Crippen LogP contribution in [-0.4, -0.2) is 42.8 Å². The molecule has 2 amide bonds.